The van der Waals surface area contributed by atoms with Crippen molar-refractivity contribution in [3.05, 3.63) is 35.4 Å². The lowest BCUT2D eigenvalue weighted by Crippen LogP contribution is -2.57. The Bertz CT molecular complexity index is 678. The average molecular weight is 357 g/mol. The van der Waals surface area contributed by atoms with E-state index >= 15 is 0 Å². The molecule has 0 aromatic heterocycles. The lowest BCUT2D eigenvalue weighted by molar-refractivity contribution is -0.142. The zero-order chi connectivity index (χ0) is 17.9. The molecule has 3 heterocycles. The molecule has 0 saturated carbocycles. The monoisotopic (exact) mass is 357 g/mol. The van der Waals surface area contributed by atoms with Crippen molar-refractivity contribution in [3.63, 3.8) is 0 Å². The van der Waals surface area contributed by atoms with Crippen LogP contribution in [0, 0.1) is 0 Å². The Labute approximate surface area is 154 Å². The third-order valence-corrected chi connectivity index (χ3v) is 5.77. The predicted molar refractivity (Wildman–Crippen MR) is 97.6 cm³/mol. The number of amides is 2. The Balaban J connectivity index is 1.40. The maximum atomic E-state index is 12.9. The van der Waals surface area contributed by atoms with Crippen LogP contribution in [0.25, 0.3) is 0 Å². The number of carbonyl (C=O) groups excluding carboxylic acids is 2. The molecule has 2 amide bonds. The quantitative estimate of drug-likeness (QED) is 0.880. The number of rotatable bonds is 3. The predicted octanol–water partition coefficient (Wildman–Crippen LogP) is 1.11. The van der Waals surface area contributed by atoms with Gasteiger partial charge >= 0.3 is 0 Å². The molecule has 2 atom stereocenters. The second kappa shape index (κ2) is 7.76. The summed E-state index contributed by atoms with van der Waals surface area (Å²) in [6, 6.07) is 8.41. The summed E-state index contributed by atoms with van der Waals surface area (Å²) in [5.41, 5.74) is 2.44. The van der Waals surface area contributed by atoms with E-state index in [-0.39, 0.29) is 24.0 Å². The van der Waals surface area contributed by atoms with Crippen molar-refractivity contribution < 1.29 is 14.3 Å². The van der Waals surface area contributed by atoms with Crippen molar-refractivity contribution in [1.29, 1.82) is 0 Å². The van der Waals surface area contributed by atoms with Gasteiger partial charge in [-0.3, -0.25) is 9.59 Å². The van der Waals surface area contributed by atoms with Crippen LogP contribution in [0.3, 0.4) is 0 Å². The summed E-state index contributed by atoms with van der Waals surface area (Å²) in [6.07, 6.45) is 3.10. The highest BCUT2D eigenvalue weighted by Gasteiger charge is 2.33. The summed E-state index contributed by atoms with van der Waals surface area (Å²) in [5.74, 6) is 0.291. The van der Waals surface area contributed by atoms with Gasteiger partial charge in [0.15, 0.2) is 0 Å². The number of piperazine rings is 1. The van der Waals surface area contributed by atoms with Gasteiger partial charge in [-0.1, -0.05) is 24.3 Å². The molecule has 2 fully saturated rings. The van der Waals surface area contributed by atoms with Crippen molar-refractivity contribution in [3.8, 4) is 0 Å². The van der Waals surface area contributed by atoms with Crippen molar-refractivity contribution in [2.75, 3.05) is 39.3 Å². The molecule has 2 unspecified atom stereocenters. The number of carbonyl (C=O) groups is 2. The third kappa shape index (κ3) is 3.62. The van der Waals surface area contributed by atoms with Crippen LogP contribution in [0.1, 0.15) is 36.5 Å². The Morgan fingerprint density at radius 3 is 3.04 bits per heavy atom. The first kappa shape index (κ1) is 17.5. The number of hydrogen-bond donors (Lipinski definition) is 1. The Morgan fingerprint density at radius 1 is 1.27 bits per heavy atom. The van der Waals surface area contributed by atoms with E-state index in [0.29, 0.717) is 26.1 Å². The highest BCUT2D eigenvalue weighted by molar-refractivity contribution is 5.80. The molecule has 3 aliphatic rings. The van der Waals surface area contributed by atoms with E-state index in [0.717, 1.165) is 44.5 Å². The summed E-state index contributed by atoms with van der Waals surface area (Å²) in [5, 5.41) is 3.11. The molecular weight excluding hydrogens is 330 g/mol. The van der Waals surface area contributed by atoms with E-state index in [4.69, 9.17) is 4.74 Å². The van der Waals surface area contributed by atoms with Gasteiger partial charge in [-0.05, 0) is 30.4 Å². The Hall–Kier alpha value is -1.92. The maximum Gasteiger partial charge on any atom is 0.236 e. The van der Waals surface area contributed by atoms with Crippen molar-refractivity contribution in [1.82, 2.24) is 15.1 Å². The molecule has 6 heteroatoms. The van der Waals surface area contributed by atoms with Crippen LogP contribution in [0.5, 0.6) is 0 Å². The van der Waals surface area contributed by atoms with Crippen LogP contribution in [-0.4, -0.2) is 67.0 Å². The minimum absolute atomic E-state index is 0.138. The van der Waals surface area contributed by atoms with Gasteiger partial charge in [0.25, 0.3) is 0 Å². The standard InChI is InChI=1S/C20H27N3O3/c24-19(12-18-17-6-2-1-4-15(17)7-11-26-18)22-9-3-5-16(14-22)23-10-8-21-13-20(23)25/h1-2,4,6,16,18,21H,3,5,7-14H2. The number of hydrogen-bond acceptors (Lipinski definition) is 4. The summed E-state index contributed by atoms with van der Waals surface area (Å²) >= 11 is 0. The van der Waals surface area contributed by atoms with Crippen molar-refractivity contribution in [2.45, 2.75) is 37.8 Å². The second-order valence-corrected chi connectivity index (χ2v) is 7.41. The van der Waals surface area contributed by atoms with E-state index in [1.54, 1.807) is 0 Å². The Kier molecular flexibility index (Phi) is 5.22. The van der Waals surface area contributed by atoms with Gasteiger partial charge < -0.3 is 19.9 Å². The van der Waals surface area contributed by atoms with Gasteiger partial charge in [-0.15, -0.1) is 0 Å². The normalized spacial score (nSPS) is 26.5. The van der Waals surface area contributed by atoms with E-state index in [1.165, 1.54) is 5.56 Å². The molecule has 0 radical (unpaired) electrons. The van der Waals surface area contributed by atoms with Crippen LogP contribution in [0.4, 0.5) is 0 Å². The summed E-state index contributed by atoms with van der Waals surface area (Å²) in [7, 11) is 0. The van der Waals surface area contributed by atoms with Gasteiger partial charge in [0.2, 0.25) is 11.8 Å². The molecule has 0 spiro atoms. The van der Waals surface area contributed by atoms with E-state index in [2.05, 4.69) is 17.4 Å². The second-order valence-electron chi connectivity index (χ2n) is 7.41. The van der Waals surface area contributed by atoms with Gasteiger partial charge in [0.05, 0.1) is 25.7 Å². The average Bonchev–Trinajstić information content (AvgIpc) is 2.69. The number of benzene rings is 1. The molecule has 0 aliphatic carbocycles. The fraction of sp³-hybridized carbons (Fsp3) is 0.600. The third-order valence-electron chi connectivity index (χ3n) is 5.77. The summed E-state index contributed by atoms with van der Waals surface area (Å²) in [6.45, 7) is 4.10. The molecule has 6 nitrogen and oxygen atoms in total. The smallest absolute Gasteiger partial charge is 0.236 e. The minimum atomic E-state index is -0.145. The van der Waals surface area contributed by atoms with Crippen LogP contribution in [0.2, 0.25) is 0 Å². The minimum Gasteiger partial charge on any atom is -0.373 e. The van der Waals surface area contributed by atoms with Crippen LogP contribution in [-0.2, 0) is 20.7 Å². The molecule has 4 rings (SSSR count). The summed E-state index contributed by atoms with van der Waals surface area (Å²) in [4.78, 5) is 29.0. The zero-order valence-electron chi connectivity index (χ0n) is 15.2. The highest BCUT2D eigenvalue weighted by atomic mass is 16.5. The first-order valence-corrected chi connectivity index (χ1v) is 9.70. The van der Waals surface area contributed by atoms with Crippen LogP contribution in [0.15, 0.2) is 24.3 Å². The molecule has 2 saturated heterocycles. The molecule has 3 aliphatic heterocycles. The van der Waals surface area contributed by atoms with Crippen LogP contribution < -0.4 is 5.32 Å². The number of nitrogens with zero attached hydrogens (tertiary/aromatic N) is 2. The first-order chi connectivity index (χ1) is 12.7. The molecule has 1 N–H and O–H groups in total. The number of ether oxygens (including phenoxy) is 1. The lowest BCUT2D eigenvalue weighted by Gasteiger charge is -2.41. The fourth-order valence-corrected chi connectivity index (χ4v) is 4.38. The van der Waals surface area contributed by atoms with Gasteiger partial charge in [-0.25, -0.2) is 0 Å². The number of piperidine rings is 1. The van der Waals surface area contributed by atoms with Gasteiger partial charge in [0, 0.05) is 32.2 Å². The van der Waals surface area contributed by atoms with E-state index < -0.39 is 0 Å². The first-order valence-electron chi connectivity index (χ1n) is 9.70. The topological polar surface area (TPSA) is 61.9 Å². The van der Waals surface area contributed by atoms with Gasteiger partial charge in [-0.2, -0.15) is 0 Å². The summed E-state index contributed by atoms with van der Waals surface area (Å²) < 4.78 is 5.91. The largest absolute Gasteiger partial charge is 0.373 e. The molecular formula is C20H27N3O3. The number of fused-ring (bicyclic) bond motifs is 1. The van der Waals surface area contributed by atoms with Gasteiger partial charge in [0.1, 0.15) is 0 Å². The van der Waals surface area contributed by atoms with Crippen molar-refractivity contribution >= 4 is 11.8 Å². The SMILES string of the molecule is O=C(CC1OCCc2ccccc21)N1CCCC(N2CCNCC2=O)C1. The van der Waals surface area contributed by atoms with E-state index in [1.807, 2.05) is 21.9 Å². The maximum absolute atomic E-state index is 12.9. The highest BCUT2D eigenvalue weighted by Crippen LogP contribution is 2.30. The molecule has 26 heavy (non-hydrogen) atoms. The van der Waals surface area contributed by atoms with E-state index in [9.17, 15) is 9.59 Å². The molecule has 140 valence electrons. The number of nitrogens with one attached hydrogen (secondary N) is 1. The number of likely N-dealkylation sites (tertiary alicyclic amines) is 1. The van der Waals surface area contributed by atoms with Crippen LogP contribution >= 0.6 is 0 Å². The molecule has 1 aromatic rings. The fourth-order valence-electron chi connectivity index (χ4n) is 4.38. The van der Waals surface area contributed by atoms with Crippen molar-refractivity contribution in [2.24, 2.45) is 0 Å². The molecule has 0 bridgehead atoms. The Morgan fingerprint density at radius 2 is 2.15 bits per heavy atom. The zero-order valence-corrected chi connectivity index (χ0v) is 15.2. The lowest BCUT2D eigenvalue weighted by atomic mass is 9.95. The molecule has 1 aromatic carbocycles.